The second kappa shape index (κ2) is 3.33. The lowest BCUT2D eigenvalue weighted by molar-refractivity contribution is 0.616. The monoisotopic (exact) mass is 215 g/mol. The predicted octanol–water partition coefficient (Wildman–Crippen LogP) is 1.44. The van der Waals surface area contributed by atoms with Gasteiger partial charge in [-0.15, -0.1) is 0 Å². The molecule has 1 saturated heterocycles. The third-order valence-electron chi connectivity index (χ3n) is 3.24. The molecule has 16 heavy (non-hydrogen) atoms. The molecule has 2 aromatic rings. The number of nitrogens with zero attached hydrogens (tertiary/aromatic N) is 2. The van der Waals surface area contributed by atoms with Crippen molar-refractivity contribution in [2.45, 2.75) is 13.3 Å². The van der Waals surface area contributed by atoms with E-state index in [0.717, 1.165) is 24.0 Å². The van der Waals surface area contributed by atoms with Crippen LogP contribution in [0.4, 0.5) is 5.69 Å². The van der Waals surface area contributed by atoms with Crippen molar-refractivity contribution in [1.82, 2.24) is 9.97 Å². The van der Waals surface area contributed by atoms with Crippen molar-refractivity contribution in [3.63, 3.8) is 0 Å². The van der Waals surface area contributed by atoms with Crippen molar-refractivity contribution >= 4 is 16.6 Å². The quantitative estimate of drug-likeness (QED) is 0.783. The van der Waals surface area contributed by atoms with E-state index in [1.54, 1.807) is 6.20 Å². The summed E-state index contributed by atoms with van der Waals surface area (Å²) in [6, 6.07) is 4.03. The van der Waals surface area contributed by atoms with E-state index in [1.165, 1.54) is 17.7 Å². The number of H-pyrrole nitrogens is 1. The highest BCUT2D eigenvalue weighted by Gasteiger charge is 2.17. The van der Waals surface area contributed by atoms with Crippen molar-refractivity contribution in [3.05, 3.63) is 34.4 Å². The van der Waals surface area contributed by atoms with Gasteiger partial charge in [0.2, 0.25) is 0 Å². The van der Waals surface area contributed by atoms with Crippen LogP contribution in [0.15, 0.2) is 23.1 Å². The van der Waals surface area contributed by atoms with Crippen LogP contribution in [0, 0.1) is 6.92 Å². The molecule has 4 nitrogen and oxygen atoms in total. The van der Waals surface area contributed by atoms with E-state index in [2.05, 4.69) is 27.9 Å². The van der Waals surface area contributed by atoms with Gasteiger partial charge in [0, 0.05) is 30.4 Å². The number of hydrogen-bond donors (Lipinski definition) is 1. The lowest BCUT2D eigenvalue weighted by atomic mass is 10.1. The molecule has 3 rings (SSSR count). The molecular formula is C12H13N3O. The van der Waals surface area contributed by atoms with Gasteiger partial charge in [-0.3, -0.25) is 0 Å². The molecule has 1 aliphatic rings. The minimum absolute atomic E-state index is 0.288. The Morgan fingerprint density at radius 3 is 2.88 bits per heavy atom. The molecule has 0 amide bonds. The zero-order valence-electron chi connectivity index (χ0n) is 9.16. The van der Waals surface area contributed by atoms with Gasteiger partial charge in [-0.1, -0.05) is 0 Å². The van der Waals surface area contributed by atoms with Crippen LogP contribution in [-0.4, -0.2) is 23.1 Å². The number of benzene rings is 1. The summed E-state index contributed by atoms with van der Waals surface area (Å²) in [6.45, 7) is 4.34. The smallest absolute Gasteiger partial charge is 0.345 e. The van der Waals surface area contributed by atoms with Gasteiger partial charge >= 0.3 is 5.69 Å². The van der Waals surface area contributed by atoms with Gasteiger partial charge < -0.3 is 9.88 Å². The molecule has 2 heterocycles. The molecule has 0 unspecified atom stereocenters. The van der Waals surface area contributed by atoms with Gasteiger partial charge in [0.15, 0.2) is 0 Å². The molecule has 0 saturated carbocycles. The maximum absolute atomic E-state index is 11.1. The summed E-state index contributed by atoms with van der Waals surface area (Å²) in [4.78, 5) is 20.0. The molecule has 0 bridgehead atoms. The van der Waals surface area contributed by atoms with Crippen LogP contribution in [0.3, 0.4) is 0 Å². The average molecular weight is 215 g/mol. The van der Waals surface area contributed by atoms with Crippen molar-refractivity contribution in [2.75, 3.05) is 18.0 Å². The molecule has 1 aliphatic heterocycles. The van der Waals surface area contributed by atoms with Crippen molar-refractivity contribution in [2.24, 2.45) is 0 Å². The number of fused-ring (bicyclic) bond motifs is 1. The van der Waals surface area contributed by atoms with E-state index in [-0.39, 0.29) is 5.69 Å². The van der Waals surface area contributed by atoms with E-state index < -0.39 is 0 Å². The highest BCUT2D eigenvalue weighted by atomic mass is 16.1. The third kappa shape index (κ3) is 1.30. The zero-order valence-corrected chi connectivity index (χ0v) is 9.16. The first-order chi connectivity index (χ1) is 7.75. The maximum Gasteiger partial charge on any atom is 0.345 e. The van der Waals surface area contributed by atoms with Gasteiger partial charge in [0.25, 0.3) is 0 Å². The van der Waals surface area contributed by atoms with E-state index in [9.17, 15) is 4.79 Å². The normalized spacial score (nSPS) is 15.2. The Balaban J connectivity index is 2.23. The lowest BCUT2D eigenvalue weighted by Gasteiger charge is -2.34. The maximum atomic E-state index is 11.1. The minimum Gasteiger partial charge on any atom is -0.371 e. The van der Waals surface area contributed by atoms with Crippen LogP contribution in [0.25, 0.3) is 10.9 Å². The molecule has 1 aromatic heterocycles. The Kier molecular flexibility index (Phi) is 1.96. The molecule has 4 heteroatoms. The van der Waals surface area contributed by atoms with Crippen LogP contribution >= 0.6 is 0 Å². The summed E-state index contributed by atoms with van der Waals surface area (Å²) in [5.74, 6) is 0. The number of aromatic nitrogens is 2. The largest absolute Gasteiger partial charge is 0.371 e. The van der Waals surface area contributed by atoms with Gasteiger partial charge in [0.05, 0.1) is 5.52 Å². The molecular weight excluding hydrogens is 202 g/mol. The van der Waals surface area contributed by atoms with Crippen molar-refractivity contribution in [3.8, 4) is 0 Å². The lowest BCUT2D eigenvalue weighted by Crippen LogP contribution is -2.37. The molecule has 1 N–H and O–H groups in total. The fraction of sp³-hybridized carbons (Fsp3) is 0.333. The third-order valence-corrected chi connectivity index (χ3v) is 3.24. The number of hydrogen-bond acceptors (Lipinski definition) is 3. The number of aryl methyl sites for hydroxylation is 1. The number of rotatable bonds is 1. The number of anilines is 1. The summed E-state index contributed by atoms with van der Waals surface area (Å²) in [5, 5.41) is 1.03. The van der Waals surface area contributed by atoms with E-state index in [4.69, 9.17) is 0 Å². The minimum atomic E-state index is -0.288. The summed E-state index contributed by atoms with van der Waals surface area (Å²) >= 11 is 0. The highest BCUT2D eigenvalue weighted by molar-refractivity contribution is 5.86. The topological polar surface area (TPSA) is 49.0 Å². The van der Waals surface area contributed by atoms with Crippen LogP contribution in [0.1, 0.15) is 12.0 Å². The summed E-state index contributed by atoms with van der Waals surface area (Å²) in [7, 11) is 0. The summed E-state index contributed by atoms with van der Waals surface area (Å²) < 4.78 is 0. The average Bonchev–Trinajstić information content (AvgIpc) is 2.19. The van der Waals surface area contributed by atoms with Gasteiger partial charge in [-0.25, -0.2) is 9.78 Å². The van der Waals surface area contributed by atoms with E-state index in [1.807, 2.05) is 6.07 Å². The Labute approximate surface area is 92.9 Å². The Morgan fingerprint density at radius 1 is 1.38 bits per heavy atom. The number of aromatic amines is 1. The standard InChI is InChI=1S/C12H13N3O/c1-8-9-7-13-12(16)14-10(9)3-4-11(8)15-5-2-6-15/h3-4,7H,2,5-6H2,1H3,(H,13,14,16). The number of nitrogens with one attached hydrogen (secondary N) is 1. The molecule has 0 atom stereocenters. The van der Waals surface area contributed by atoms with Crippen molar-refractivity contribution in [1.29, 1.82) is 0 Å². The van der Waals surface area contributed by atoms with Crippen LogP contribution < -0.4 is 10.6 Å². The highest BCUT2D eigenvalue weighted by Crippen LogP contribution is 2.29. The molecule has 82 valence electrons. The molecule has 1 aromatic carbocycles. The van der Waals surface area contributed by atoms with E-state index >= 15 is 0 Å². The Bertz CT molecular complexity index is 599. The first-order valence-corrected chi connectivity index (χ1v) is 5.49. The Hall–Kier alpha value is -1.84. The second-order valence-corrected chi connectivity index (χ2v) is 4.20. The second-order valence-electron chi connectivity index (χ2n) is 4.20. The molecule has 0 spiro atoms. The first-order valence-electron chi connectivity index (χ1n) is 5.49. The first kappa shape index (κ1) is 9.39. The fourth-order valence-corrected chi connectivity index (χ4v) is 2.16. The van der Waals surface area contributed by atoms with Crippen LogP contribution in [-0.2, 0) is 0 Å². The summed E-state index contributed by atoms with van der Waals surface area (Å²) in [5.41, 5.74) is 3.03. The van der Waals surface area contributed by atoms with Crippen LogP contribution in [0.5, 0.6) is 0 Å². The van der Waals surface area contributed by atoms with Gasteiger partial charge in [0.1, 0.15) is 0 Å². The molecule has 0 radical (unpaired) electrons. The zero-order chi connectivity index (χ0) is 11.1. The van der Waals surface area contributed by atoms with E-state index in [0.29, 0.717) is 0 Å². The fourth-order valence-electron chi connectivity index (χ4n) is 2.16. The molecule has 1 fully saturated rings. The molecule has 0 aliphatic carbocycles. The van der Waals surface area contributed by atoms with Gasteiger partial charge in [-0.05, 0) is 31.0 Å². The predicted molar refractivity (Wildman–Crippen MR) is 63.9 cm³/mol. The Morgan fingerprint density at radius 2 is 2.19 bits per heavy atom. The SMILES string of the molecule is Cc1c(N2CCC2)ccc2[nH]c(=O)ncc12. The van der Waals surface area contributed by atoms with Gasteiger partial charge in [-0.2, -0.15) is 0 Å². The van der Waals surface area contributed by atoms with Crippen molar-refractivity contribution < 1.29 is 0 Å². The summed E-state index contributed by atoms with van der Waals surface area (Å²) in [6.07, 6.45) is 2.92. The van der Waals surface area contributed by atoms with Crippen LogP contribution in [0.2, 0.25) is 0 Å².